The summed E-state index contributed by atoms with van der Waals surface area (Å²) in [6.45, 7) is 4.21. The molecule has 1 aliphatic rings. The Balaban J connectivity index is 2.12. The number of carbonyl (C=O) groups excluding carboxylic acids is 1. The van der Waals surface area contributed by atoms with Gasteiger partial charge in [0.05, 0.1) is 11.7 Å². The molecule has 2 unspecified atom stereocenters. The lowest BCUT2D eigenvalue weighted by Gasteiger charge is -2.51. The summed E-state index contributed by atoms with van der Waals surface area (Å²) < 4.78 is 6.18. The van der Waals surface area contributed by atoms with Gasteiger partial charge in [-0.05, 0) is 28.4 Å². The molecule has 1 amide bonds. The number of rotatable bonds is 4. The van der Waals surface area contributed by atoms with Crippen LogP contribution < -0.4 is 10.6 Å². The van der Waals surface area contributed by atoms with Crippen LogP contribution in [0, 0.1) is 5.41 Å². The van der Waals surface area contributed by atoms with Crippen LogP contribution in [0.5, 0.6) is 0 Å². The second-order valence-corrected chi connectivity index (χ2v) is 6.52. The summed E-state index contributed by atoms with van der Waals surface area (Å²) in [4.78, 5) is 16.6. The van der Waals surface area contributed by atoms with Crippen LogP contribution in [0.4, 0.5) is 5.82 Å². The first-order chi connectivity index (χ1) is 9.40. The third kappa shape index (κ3) is 2.67. The molecule has 2 rings (SSSR count). The molecule has 0 saturated heterocycles. The third-order valence-corrected chi connectivity index (χ3v) is 4.54. The normalized spacial score (nSPS) is 23.9. The van der Waals surface area contributed by atoms with E-state index >= 15 is 0 Å². The number of anilines is 1. The fourth-order valence-corrected chi connectivity index (χ4v) is 2.91. The average molecular weight is 342 g/mol. The molecule has 1 aromatic rings. The lowest BCUT2D eigenvalue weighted by molar-refractivity contribution is -0.0942. The first kappa shape index (κ1) is 15.3. The van der Waals surface area contributed by atoms with E-state index in [9.17, 15) is 4.79 Å². The molecular formula is C14H20BrN3O2. The van der Waals surface area contributed by atoms with Crippen LogP contribution in [0.25, 0.3) is 0 Å². The maximum absolute atomic E-state index is 12.4. The summed E-state index contributed by atoms with van der Waals surface area (Å²) in [5.41, 5.74) is 0.488. The first-order valence-corrected chi connectivity index (χ1v) is 7.36. The van der Waals surface area contributed by atoms with Crippen LogP contribution in [-0.2, 0) is 4.74 Å². The third-order valence-electron chi connectivity index (χ3n) is 4.10. The Labute approximate surface area is 127 Å². The predicted octanol–water partition coefficient (Wildman–Crippen LogP) is 2.43. The molecule has 6 heteroatoms. The van der Waals surface area contributed by atoms with Crippen LogP contribution in [0.3, 0.4) is 0 Å². The van der Waals surface area contributed by atoms with E-state index < -0.39 is 0 Å². The van der Waals surface area contributed by atoms with E-state index in [0.717, 1.165) is 10.9 Å². The average Bonchev–Trinajstić information content (AvgIpc) is 2.42. The molecule has 2 N–H and O–H groups in total. The number of amides is 1. The highest BCUT2D eigenvalue weighted by Crippen LogP contribution is 2.42. The van der Waals surface area contributed by atoms with Crippen LogP contribution in [-0.4, -0.2) is 37.2 Å². The number of halogens is 1. The van der Waals surface area contributed by atoms with Gasteiger partial charge in [-0.3, -0.25) is 4.79 Å². The molecule has 1 saturated carbocycles. The van der Waals surface area contributed by atoms with Gasteiger partial charge in [0.2, 0.25) is 0 Å². The van der Waals surface area contributed by atoms with Gasteiger partial charge in [-0.2, -0.15) is 0 Å². The molecule has 1 aromatic heterocycles. The van der Waals surface area contributed by atoms with E-state index in [0.29, 0.717) is 11.4 Å². The fraction of sp³-hybridized carbons (Fsp3) is 0.571. The smallest absolute Gasteiger partial charge is 0.255 e. The summed E-state index contributed by atoms with van der Waals surface area (Å²) in [6.07, 6.45) is 2.69. The molecule has 0 bridgehead atoms. The summed E-state index contributed by atoms with van der Waals surface area (Å²) in [7, 11) is 3.46. The Morgan fingerprint density at radius 1 is 1.55 bits per heavy atom. The molecule has 0 aliphatic heterocycles. The van der Waals surface area contributed by atoms with Gasteiger partial charge >= 0.3 is 0 Å². The number of ether oxygens (including phenoxy) is 1. The molecule has 0 spiro atoms. The number of nitrogens with zero attached hydrogens (tertiary/aromatic N) is 1. The molecule has 110 valence electrons. The number of pyridine rings is 1. The Hall–Kier alpha value is -1.14. The van der Waals surface area contributed by atoms with Crippen molar-refractivity contribution in [2.75, 3.05) is 19.5 Å². The van der Waals surface area contributed by atoms with Gasteiger partial charge in [0.1, 0.15) is 5.82 Å². The Kier molecular flexibility index (Phi) is 4.34. The minimum atomic E-state index is -0.115. The summed E-state index contributed by atoms with van der Waals surface area (Å²) in [5, 5.41) is 6.01. The SMILES string of the molecule is CNc1ncc(Br)cc1C(=O)NC1CC(OC)C1(C)C. The number of methoxy groups -OCH3 is 1. The lowest BCUT2D eigenvalue weighted by atomic mass is 9.64. The van der Waals surface area contributed by atoms with Crippen molar-refractivity contribution >= 4 is 27.7 Å². The molecule has 1 heterocycles. The minimum absolute atomic E-state index is 0.0519. The molecule has 1 aliphatic carbocycles. The second-order valence-electron chi connectivity index (χ2n) is 5.61. The van der Waals surface area contributed by atoms with Crippen molar-refractivity contribution in [2.45, 2.75) is 32.4 Å². The summed E-state index contributed by atoms with van der Waals surface area (Å²) in [6, 6.07) is 1.89. The van der Waals surface area contributed by atoms with Crippen LogP contribution in [0.1, 0.15) is 30.6 Å². The van der Waals surface area contributed by atoms with Crippen molar-refractivity contribution in [3.8, 4) is 0 Å². The van der Waals surface area contributed by atoms with Gasteiger partial charge in [-0.1, -0.05) is 13.8 Å². The molecule has 2 atom stereocenters. The van der Waals surface area contributed by atoms with Gasteiger partial charge in [0, 0.05) is 36.3 Å². The summed E-state index contributed by atoms with van der Waals surface area (Å²) in [5.74, 6) is 0.460. The number of hydrogen-bond acceptors (Lipinski definition) is 4. The molecular weight excluding hydrogens is 322 g/mol. The van der Waals surface area contributed by atoms with Crippen molar-refractivity contribution in [3.05, 3.63) is 22.3 Å². The number of carbonyl (C=O) groups is 1. The zero-order chi connectivity index (χ0) is 14.9. The number of aromatic nitrogens is 1. The quantitative estimate of drug-likeness (QED) is 0.882. The monoisotopic (exact) mass is 341 g/mol. The van der Waals surface area contributed by atoms with Crippen molar-refractivity contribution in [1.29, 1.82) is 0 Å². The Bertz CT molecular complexity index is 519. The van der Waals surface area contributed by atoms with E-state index in [4.69, 9.17) is 4.74 Å². The first-order valence-electron chi connectivity index (χ1n) is 6.57. The topological polar surface area (TPSA) is 63.2 Å². The lowest BCUT2D eigenvalue weighted by Crippen LogP contribution is -2.61. The van der Waals surface area contributed by atoms with Crippen molar-refractivity contribution in [1.82, 2.24) is 10.3 Å². The molecule has 1 fully saturated rings. The zero-order valence-corrected chi connectivity index (χ0v) is 13.7. The van der Waals surface area contributed by atoms with Gasteiger partial charge in [0.25, 0.3) is 5.91 Å². The Morgan fingerprint density at radius 3 is 2.80 bits per heavy atom. The fourth-order valence-electron chi connectivity index (χ4n) is 2.58. The number of nitrogens with one attached hydrogen (secondary N) is 2. The van der Waals surface area contributed by atoms with E-state index in [1.165, 1.54) is 0 Å². The predicted molar refractivity (Wildman–Crippen MR) is 81.9 cm³/mol. The molecule has 0 aromatic carbocycles. The highest BCUT2D eigenvalue weighted by molar-refractivity contribution is 9.10. The molecule has 0 radical (unpaired) electrons. The molecule has 5 nitrogen and oxygen atoms in total. The largest absolute Gasteiger partial charge is 0.381 e. The Morgan fingerprint density at radius 2 is 2.25 bits per heavy atom. The van der Waals surface area contributed by atoms with Gasteiger partial charge in [-0.15, -0.1) is 0 Å². The minimum Gasteiger partial charge on any atom is -0.381 e. The van der Waals surface area contributed by atoms with Gasteiger partial charge in [0.15, 0.2) is 0 Å². The van der Waals surface area contributed by atoms with Crippen LogP contribution in [0.2, 0.25) is 0 Å². The zero-order valence-electron chi connectivity index (χ0n) is 12.2. The standard InChI is InChI=1S/C14H20BrN3O2/c1-14(2)10(6-11(14)20-4)18-13(19)9-5-8(15)7-17-12(9)16-3/h5,7,10-11H,6H2,1-4H3,(H,16,17)(H,18,19). The van der Waals surface area contributed by atoms with Crippen molar-refractivity contribution in [2.24, 2.45) is 5.41 Å². The molecule has 20 heavy (non-hydrogen) atoms. The van der Waals surface area contributed by atoms with E-state index in [2.05, 4.69) is 45.4 Å². The maximum atomic E-state index is 12.4. The highest BCUT2D eigenvalue weighted by Gasteiger charge is 2.49. The summed E-state index contributed by atoms with van der Waals surface area (Å²) >= 11 is 3.34. The van der Waals surface area contributed by atoms with Gasteiger partial charge in [-0.25, -0.2) is 4.98 Å². The van der Waals surface area contributed by atoms with Crippen molar-refractivity contribution < 1.29 is 9.53 Å². The van der Waals surface area contributed by atoms with E-state index in [1.807, 2.05) is 0 Å². The van der Waals surface area contributed by atoms with Crippen LogP contribution in [0.15, 0.2) is 16.7 Å². The van der Waals surface area contributed by atoms with Crippen molar-refractivity contribution in [3.63, 3.8) is 0 Å². The highest BCUT2D eigenvalue weighted by atomic mass is 79.9. The van der Waals surface area contributed by atoms with Gasteiger partial charge < -0.3 is 15.4 Å². The second kappa shape index (κ2) is 5.69. The van der Waals surface area contributed by atoms with E-state index in [-0.39, 0.29) is 23.5 Å². The maximum Gasteiger partial charge on any atom is 0.255 e. The van der Waals surface area contributed by atoms with E-state index in [1.54, 1.807) is 26.4 Å². The van der Waals surface area contributed by atoms with Crippen LogP contribution >= 0.6 is 15.9 Å². The number of hydrogen-bond donors (Lipinski definition) is 2.